The summed E-state index contributed by atoms with van der Waals surface area (Å²) >= 11 is 0. The van der Waals surface area contributed by atoms with Gasteiger partial charge in [-0.1, -0.05) is 12.1 Å². The predicted octanol–water partition coefficient (Wildman–Crippen LogP) is 3.91. The first-order valence-corrected chi connectivity index (χ1v) is 12.0. The van der Waals surface area contributed by atoms with E-state index in [1.165, 1.54) is 12.1 Å². The fourth-order valence-corrected chi connectivity index (χ4v) is 4.95. The normalized spacial score (nSPS) is 16.1. The van der Waals surface area contributed by atoms with E-state index in [1.54, 1.807) is 12.3 Å². The van der Waals surface area contributed by atoms with Gasteiger partial charge in [-0.3, -0.25) is 4.79 Å². The van der Waals surface area contributed by atoms with Crippen molar-refractivity contribution in [3.8, 4) is 16.9 Å². The number of rotatable bonds is 5. The molecular formula is C27H26FN7O. The number of aryl methyl sites for hydroxylation is 1. The number of hydrogen-bond donors (Lipinski definition) is 3. The van der Waals surface area contributed by atoms with Gasteiger partial charge in [0.25, 0.3) is 0 Å². The number of aromatic nitrogens is 5. The third kappa shape index (κ3) is 4.07. The van der Waals surface area contributed by atoms with Crippen LogP contribution in [-0.4, -0.2) is 55.2 Å². The van der Waals surface area contributed by atoms with Crippen LogP contribution < -0.4 is 5.32 Å². The Morgan fingerprint density at radius 3 is 2.83 bits per heavy atom. The molecule has 6 rings (SSSR count). The predicted molar refractivity (Wildman–Crippen MR) is 135 cm³/mol. The van der Waals surface area contributed by atoms with Crippen LogP contribution in [0.5, 0.6) is 0 Å². The zero-order valence-electron chi connectivity index (χ0n) is 19.8. The van der Waals surface area contributed by atoms with Crippen LogP contribution in [0.2, 0.25) is 0 Å². The second kappa shape index (κ2) is 9.09. The smallest absolute Gasteiger partial charge is 0.227 e. The van der Waals surface area contributed by atoms with E-state index in [2.05, 4.69) is 25.4 Å². The number of benzene rings is 2. The summed E-state index contributed by atoms with van der Waals surface area (Å²) in [5, 5.41) is 8.40. The van der Waals surface area contributed by atoms with Gasteiger partial charge in [0.05, 0.1) is 24.0 Å². The Bertz CT molecular complexity index is 1520. The molecule has 1 unspecified atom stereocenters. The third-order valence-corrected chi connectivity index (χ3v) is 6.83. The van der Waals surface area contributed by atoms with E-state index >= 15 is 0 Å². The molecule has 36 heavy (non-hydrogen) atoms. The molecule has 1 saturated heterocycles. The van der Waals surface area contributed by atoms with Crippen molar-refractivity contribution in [2.45, 2.75) is 19.4 Å². The molecule has 2 aromatic carbocycles. The van der Waals surface area contributed by atoms with Crippen molar-refractivity contribution in [1.29, 1.82) is 0 Å². The van der Waals surface area contributed by atoms with Gasteiger partial charge >= 0.3 is 0 Å². The summed E-state index contributed by atoms with van der Waals surface area (Å²) in [6, 6.07) is 14.4. The standard InChI is InChI=1S/C27H26FN7O/c1-17-21(22-13-19(28)5-8-23(22)32-17)14-26(36)34-12-10-29-16-25(34)27-30-15-24(33-27)18-3-6-20(7-4-18)35-11-2-9-31-35/h2-9,11,13,15,25,29,32H,10,12,14,16H2,1H3,(H,30,33). The summed E-state index contributed by atoms with van der Waals surface area (Å²) in [4.78, 5) is 26.7. The van der Waals surface area contributed by atoms with Crippen molar-refractivity contribution in [2.75, 3.05) is 19.6 Å². The molecule has 0 aliphatic carbocycles. The Morgan fingerprint density at radius 2 is 2.03 bits per heavy atom. The fourth-order valence-electron chi connectivity index (χ4n) is 4.95. The van der Waals surface area contributed by atoms with Crippen LogP contribution in [0.3, 0.4) is 0 Å². The SMILES string of the molecule is Cc1[nH]c2ccc(F)cc2c1CC(=O)N1CCNCC1c1ncc(-c2ccc(-n3cccn3)cc2)[nH]1. The van der Waals surface area contributed by atoms with Gasteiger partial charge in [0.2, 0.25) is 5.91 Å². The van der Waals surface area contributed by atoms with Crippen molar-refractivity contribution in [3.63, 3.8) is 0 Å². The summed E-state index contributed by atoms with van der Waals surface area (Å²) in [5.41, 5.74) is 5.42. The molecule has 8 nitrogen and oxygen atoms in total. The highest BCUT2D eigenvalue weighted by Crippen LogP contribution is 2.28. The van der Waals surface area contributed by atoms with Gasteiger partial charge < -0.3 is 20.2 Å². The lowest BCUT2D eigenvalue weighted by molar-refractivity contribution is -0.134. The fraction of sp³-hybridized carbons (Fsp3) is 0.222. The lowest BCUT2D eigenvalue weighted by Gasteiger charge is -2.35. The highest BCUT2D eigenvalue weighted by atomic mass is 19.1. The molecule has 1 aliphatic rings. The van der Waals surface area contributed by atoms with Crippen LogP contribution in [0.1, 0.15) is 23.1 Å². The number of H-pyrrole nitrogens is 2. The number of carbonyl (C=O) groups excluding carboxylic acids is 1. The molecule has 0 radical (unpaired) electrons. The van der Waals surface area contributed by atoms with E-state index in [9.17, 15) is 9.18 Å². The summed E-state index contributed by atoms with van der Waals surface area (Å²) in [7, 11) is 0. The second-order valence-corrected chi connectivity index (χ2v) is 9.08. The van der Waals surface area contributed by atoms with Crippen LogP contribution in [-0.2, 0) is 11.2 Å². The number of halogens is 1. The van der Waals surface area contributed by atoms with Crippen LogP contribution in [0, 0.1) is 12.7 Å². The van der Waals surface area contributed by atoms with Crippen LogP contribution in [0.4, 0.5) is 4.39 Å². The number of imidazole rings is 1. The van der Waals surface area contributed by atoms with E-state index in [1.807, 2.05) is 59.2 Å². The number of hydrogen-bond acceptors (Lipinski definition) is 4. The number of fused-ring (bicyclic) bond motifs is 1. The maximum atomic E-state index is 13.9. The first-order chi connectivity index (χ1) is 17.6. The minimum absolute atomic E-state index is 0.00344. The van der Waals surface area contributed by atoms with E-state index in [0.29, 0.717) is 19.6 Å². The Hall–Kier alpha value is -4.24. The van der Waals surface area contributed by atoms with Crippen molar-refractivity contribution in [2.24, 2.45) is 0 Å². The molecule has 0 bridgehead atoms. The summed E-state index contributed by atoms with van der Waals surface area (Å²) < 4.78 is 15.7. The number of carbonyl (C=O) groups is 1. The van der Waals surface area contributed by atoms with Gasteiger partial charge in [0, 0.05) is 48.6 Å². The number of aromatic amines is 2. The number of nitrogens with zero attached hydrogens (tertiary/aromatic N) is 4. The number of amides is 1. The monoisotopic (exact) mass is 483 g/mol. The molecule has 0 spiro atoms. The van der Waals surface area contributed by atoms with Gasteiger partial charge in [-0.15, -0.1) is 0 Å². The van der Waals surface area contributed by atoms with Gasteiger partial charge in [0.1, 0.15) is 17.7 Å². The quantitative estimate of drug-likeness (QED) is 0.353. The van der Waals surface area contributed by atoms with Gasteiger partial charge in [-0.05, 0) is 54.4 Å². The molecule has 3 N–H and O–H groups in total. The Kier molecular flexibility index (Phi) is 5.61. The van der Waals surface area contributed by atoms with Crippen LogP contribution in [0.25, 0.3) is 27.8 Å². The van der Waals surface area contributed by atoms with E-state index in [4.69, 9.17) is 0 Å². The largest absolute Gasteiger partial charge is 0.358 e. The third-order valence-electron chi connectivity index (χ3n) is 6.83. The molecule has 1 amide bonds. The van der Waals surface area contributed by atoms with Gasteiger partial charge in [0.15, 0.2) is 0 Å². The van der Waals surface area contributed by atoms with E-state index in [-0.39, 0.29) is 24.2 Å². The minimum atomic E-state index is -0.309. The maximum absolute atomic E-state index is 13.9. The molecule has 1 fully saturated rings. The molecule has 3 aromatic heterocycles. The average Bonchev–Trinajstić information content (AvgIpc) is 3.66. The maximum Gasteiger partial charge on any atom is 0.227 e. The van der Waals surface area contributed by atoms with Gasteiger partial charge in [-0.2, -0.15) is 5.10 Å². The molecule has 4 heterocycles. The van der Waals surface area contributed by atoms with Crippen LogP contribution >= 0.6 is 0 Å². The first-order valence-electron chi connectivity index (χ1n) is 12.0. The Labute approximate surface area is 207 Å². The Morgan fingerprint density at radius 1 is 1.17 bits per heavy atom. The molecule has 182 valence electrons. The molecular weight excluding hydrogens is 457 g/mol. The zero-order valence-corrected chi connectivity index (χ0v) is 19.8. The highest BCUT2D eigenvalue weighted by Gasteiger charge is 2.30. The molecule has 0 saturated carbocycles. The number of piperazine rings is 1. The topological polar surface area (TPSA) is 94.6 Å². The zero-order chi connectivity index (χ0) is 24.6. The summed E-state index contributed by atoms with van der Waals surface area (Å²) in [6.45, 7) is 3.82. The minimum Gasteiger partial charge on any atom is -0.358 e. The highest BCUT2D eigenvalue weighted by molar-refractivity contribution is 5.90. The first kappa shape index (κ1) is 22.2. The molecule has 1 aliphatic heterocycles. The van der Waals surface area contributed by atoms with Gasteiger partial charge in [-0.25, -0.2) is 14.1 Å². The summed E-state index contributed by atoms with van der Waals surface area (Å²) in [5.74, 6) is 0.427. The lowest BCUT2D eigenvalue weighted by Crippen LogP contribution is -2.49. The lowest BCUT2D eigenvalue weighted by atomic mass is 10.1. The van der Waals surface area contributed by atoms with Crippen molar-refractivity contribution < 1.29 is 9.18 Å². The second-order valence-electron chi connectivity index (χ2n) is 9.08. The number of nitrogens with one attached hydrogen (secondary N) is 3. The van der Waals surface area contributed by atoms with E-state index < -0.39 is 0 Å². The van der Waals surface area contributed by atoms with Crippen LogP contribution in [0.15, 0.2) is 67.1 Å². The Balaban J connectivity index is 1.23. The molecule has 1 atom stereocenters. The molecule has 5 aromatic rings. The average molecular weight is 484 g/mol. The van der Waals surface area contributed by atoms with Crippen molar-refractivity contribution in [3.05, 3.63) is 90.0 Å². The van der Waals surface area contributed by atoms with E-state index in [0.717, 1.165) is 44.9 Å². The van der Waals surface area contributed by atoms with Crippen molar-refractivity contribution in [1.82, 2.24) is 34.9 Å². The van der Waals surface area contributed by atoms with Crippen molar-refractivity contribution >= 4 is 16.8 Å². The molecule has 9 heteroatoms. The summed E-state index contributed by atoms with van der Waals surface area (Å²) in [6.07, 6.45) is 5.66.